The van der Waals surface area contributed by atoms with E-state index in [1.54, 1.807) is 29.3 Å². The van der Waals surface area contributed by atoms with Gasteiger partial charge in [0.25, 0.3) is 11.8 Å². The van der Waals surface area contributed by atoms with Crippen molar-refractivity contribution in [1.82, 2.24) is 15.2 Å². The maximum absolute atomic E-state index is 12.4. The molecular formula is C21H25N3O5. The van der Waals surface area contributed by atoms with Gasteiger partial charge < -0.3 is 24.4 Å². The molecule has 0 saturated carbocycles. The minimum Gasteiger partial charge on any atom is -0.493 e. The van der Waals surface area contributed by atoms with Crippen LogP contribution in [0, 0.1) is 0 Å². The third kappa shape index (κ3) is 5.92. The number of rotatable bonds is 8. The van der Waals surface area contributed by atoms with Crippen LogP contribution in [0.15, 0.2) is 42.6 Å². The third-order valence-electron chi connectivity index (χ3n) is 4.53. The summed E-state index contributed by atoms with van der Waals surface area (Å²) in [6.07, 6.45) is 2.37. The van der Waals surface area contributed by atoms with Gasteiger partial charge in [0, 0.05) is 43.5 Å². The Labute approximate surface area is 169 Å². The number of carbonyl (C=O) groups is 2. The summed E-state index contributed by atoms with van der Waals surface area (Å²) >= 11 is 0. The summed E-state index contributed by atoms with van der Waals surface area (Å²) in [6, 6.07) is 10.6. The lowest BCUT2D eigenvalue weighted by molar-refractivity contribution is -0.137. The second-order valence-electron chi connectivity index (χ2n) is 6.47. The van der Waals surface area contributed by atoms with Crippen LogP contribution in [0.5, 0.6) is 11.5 Å². The van der Waals surface area contributed by atoms with Crippen molar-refractivity contribution in [2.24, 2.45) is 0 Å². The van der Waals surface area contributed by atoms with Gasteiger partial charge in [0.15, 0.2) is 18.1 Å². The van der Waals surface area contributed by atoms with Gasteiger partial charge in [-0.2, -0.15) is 0 Å². The zero-order valence-electron chi connectivity index (χ0n) is 16.4. The predicted octanol–water partition coefficient (Wildman–Crippen LogP) is 1.30. The summed E-state index contributed by atoms with van der Waals surface area (Å²) in [5, 5.41) is 2.86. The Morgan fingerprint density at radius 2 is 2.00 bits per heavy atom. The van der Waals surface area contributed by atoms with E-state index >= 15 is 0 Å². The SMILES string of the molecule is COc1cc(C(=O)NCCc2ccccn2)ccc1OCC(=O)N1CCOCC1. The molecule has 1 aliphatic rings. The number of aromatic nitrogens is 1. The van der Waals surface area contributed by atoms with E-state index in [1.807, 2.05) is 18.2 Å². The largest absolute Gasteiger partial charge is 0.493 e. The molecule has 1 aliphatic heterocycles. The van der Waals surface area contributed by atoms with Gasteiger partial charge in [0.2, 0.25) is 0 Å². The number of carbonyl (C=O) groups excluding carboxylic acids is 2. The summed E-state index contributed by atoms with van der Waals surface area (Å²) in [4.78, 5) is 30.5. The quantitative estimate of drug-likeness (QED) is 0.720. The number of hydrogen-bond acceptors (Lipinski definition) is 6. The van der Waals surface area contributed by atoms with Crippen molar-refractivity contribution in [3.8, 4) is 11.5 Å². The fraction of sp³-hybridized carbons (Fsp3) is 0.381. The number of amides is 2. The summed E-state index contributed by atoms with van der Waals surface area (Å²) in [6.45, 7) is 2.60. The van der Waals surface area contributed by atoms with Crippen molar-refractivity contribution in [3.05, 3.63) is 53.9 Å². The number of pyridine rings is 1. The zero-order valence-corrected chi connectivity index (χ0v) is 16.4. The Balaban J connectivity index is 1.53. The van der Waals surface area contributed by atoms with Crippen LogP contribution >= 0.6 is 0 Å². The molecule has 154 valence electrons. The maximum Gasteiger partial charge on any atom is 0.260 e. The Morgan fingerprint density at radius 3 is 2.72 bits per heavy atom. The van der Waals surface area contributed by atoms with Gasteiger partial charge in [-0.3, -0.25) is 14.6 Å². The van der Waals surface area contributed by atoms with Crippen molar-refractivity contribution in [2.45, 2.75) is 6.42 Å². The number of ether oxygens (including phenoxy) is 3. The molecule has 0 bridgehead atoms. The van der Waals surface area contributed by atoms with Gasteiger partial charge in [-0.05, 0) is 30.3 Å². The van der Waals surface area contributed by atoms with Gasteiger partial charge in [-0.15, -0.1) is 0 Å². The van der Waals surface area contributed by atoms with E-state index in [0.29, 0.717) is 56.3 Å². The van der Waals surface area contributed by atoms with Gasteiger partial charge >= 0.3 is 0 Å². The molecule has 8 heteroatoms. The normalized spacial score (nSPS) is 13.6. The molecule has 0 unspecified atom stereocenters. The highest BCUT2D eigenvalue weighted by Gasteiger charge is 2.18. The van der Waals surface area contributed by atoms with Gasteiger partial charge in [0.05, 0.1) is 20.3 Å². The number of morpholine rings is 1. The number of methoxy groups -OCH3 is 1. The topological polar surface area (TPSA) is 90.0 Å². The average Bonchev–Trinajstić information content (AvgIpc) is 2.78. The molecule has 1 aromatic heterocycles. The van der Waals surface area contributed by atoms with Crippen LogP contribution in [-0.4, -0.2) is 68.3 Å². The molecule has 29 heavy (non-hydrogen) atoms. The summed E-state index contributed by atoms with van der Waals surface area (Å²) in [7, 11) is 1.49. The van der Waals surface area contributed by atoms with E-state index in [0.717, 1.165) is 5.69 Å². The second-order valence-corrected chi connectivity index (χ2v) is 6.47. The monoisotopic (exact) mass is 399 g/mol. The highest BCUT2D eigenvalue weighted by atomic mass is 16.5. The highest BCUT2D eigenvalue weighted by Crippen LogP contribution is 2.28. The minimum absolute atomic E-state index is 0.0913. The van der Waals surface area contributed by atoms with Crippen molar-refractivity contribution in [2.75, 3.05) is 46.6 Å². The van der Waals surface area contributed by atoms with Crippen LogP contribution in [0.2, 0.25) is 0 Å². The van der Waals surface area contributed by atoms with E-state index < -0.39 is 0 Å². The molecule has 2 aromatic rings. The lowest BCUT2D eigenvalue weighted by Crippen LogP contribution is -2.43. The molecule has 0 spiro atoms. The molecule has 8 nitrogen and oxygen atoms in total. The fourth-order valence-corrected chi connectivity index (χ4v) is 2.92. The molecule has 2 heterocycles. The summed E-state index contributed by atoms with van der Waals surface area (Å²) in [5.74, 6) is 0.498. The van der Waals surface area contributed by atoms with Crippen LogP contribution in [0.1, 0.15) is 16.1 Å². The summed E-state index contributed by atoms with van der Waals surface area (Å²) in [5.41, 5.74) is 1.37. The zero-order chi connectivity index (χ0) is 20.5. The number of hydrogen-bond donors (Lipinski definition) is 1. The standard InChI is InChI=1S/C21H25N3O5/c1-27-19-14-16(21(26)23-9-7-17-4-2-3-8-22-17)5-6-18(19)29-15-20(25)24-10-12-28-13-11-24/h2-6,8,14H,7,9-13,15H2,1H3,(H,23,26). The van der Waals surface area contributed by atoms with E-state index in [4.69, 9.17) is 14.2 Å². The number of nitrogens with one attached hydrogen (secondary N) is 1. The first-order valence-electron chi connectivity index (χ1n) is 9.52. The lowest BCUT2D eigenvalue weighted by atomic mass is 10.2. The van der Waals surface area contributed by atoms with E-state index in [2.05, 4.69) is 10.3 Å². The Hall–Kier alpha value is -3.13. The van der Waals surface area contributed by atoms with Gasteiger partial charge in [-0.25, -0.2) is 0 Å². The third-order valence-corrected chi connectivity index (χ3v) is 4.53. The first-order chi connectivity index (χ1) is 14.2. The smallest absolute Gasteiger partial charge is 0.260 e. The van der Waals surface area contributed by atoms with E-state index in [9.17, 15) is 9.59 Å². The molecule has 0 radical (unpaired) electrons. The molecule has 0 aliphatic carbocycles. The van der Waals surface area contributed by atoms with E-state index in [-0.39, 0.29) is 18.4 Å². The molecule has 1 saturated heterocycles. The highest BCUT2D eigenvalue weighted by molar-refractivity contribution is 5.94. The molecule has 1 N–H and O–H groups in total. The van der Waals surface area contributed by atoms with Crippen LogP contribution in [0.3, 0.4) is 0 Å². The predicted molar refractivity (Wildman–Crippen MR) is 106 cm³/mol. The second kappa shape index (κ2) is 10.4. The number of nitrogens with zero attached hydrogens (tertiary/aromatic N) is 2. The van der Waals surface area contributed by atoms with Crippen molar-refractivity contribution < 1.29 is 23.8 Å². The fourth-order valence-electron chi connectivity index (χ4n) is 2.92. The van der Waals surface area contributed by atoms with Crippen LogP contribution in [0.4, 0.5) is 0 Å². The molecular weight excluding hydrogens is 374 g/mol. The van der Waals surface area contributed by atoms with Gasteiger partial charge in [0.1, 0.15) is 0 Å². The Kier molecular flexibility index (Phi) is 7.40. The van der Waals surface area contributed by atoms with Crippen molar-refractivity contribution >= 4 is 11.8 Å². The van der Waals surface area contributed by atoms with Gasteiger partial charge in [-0.1, -0.05) is 6.07 Å². The van der Waals surface area contributed by atoms with Crippen LogP contribution < -0.4 is 14.8 Å². The Bertz CT molecular complexity index is 822. The van der Waals surface area contributed by atoms with Crippen molar-refractivity contribution in [3.63, 3.8) is 0 Å². The Morgan fingerprint density at radius 1 is 1.17 bits per heavy atom. The van der Waals surface area contributed by atoms with E-state index in [1.165, 1.54) is 7.11 Å². The number of benzene rings is 1. The molecule has 1 fully saturated rings. The van der Waals surface area contributed by atoms with Crippen LogP contribution in [0.25, 0.3) is 0 Å². The van der Waals surface area contributed by atoms with Crippen LogP contribution in [-0.2, 0) is 16.0 Å². The average molecular weight is 399 g/mol. The molecule has 3 rings (SSSR count). The molecule has 1 aromatic carbocycles. The lowest BCUT2D eigenvalue weighted by Gasteiger charge is -2.26. The molecule has 2 amide bonds. The van der Waals surface area contributed by atoms with Crippen molar-refractivity contribution in [1.29, 1.82) is 0 Å². The molecule has 0 atom stereocenters. The minimum atomic E-state index is -0.213. The maximum atomic E-state index is 12.4. The first-order valence-corrected chi connectivity index (χ1v) is 9.52. The summed E-state index contributed by atoms with van der Waals surface area (Å²) < 4.78 is 16.2. The first kappa shape index (κ1) is 20.6.